The fourth-order valence-electron chi connectivity index (χ4n) is 4.12. The van der Waals surface area contributed by atoms with E-state index in [0.717, 1.165) is 18.4 Å². The summed E-state index contributed by atoms with van der Waals surface area (Å²) in [6.45, 7) is 16.7. The fraction of sp³-hybridized carbons (Fsp3) is 0.676. The van der Waals surface area contributed by atoms with Gasteiger partial charge in [-0.15, -0.1) is 0 Å². The van der Waals surface area contributed by atoms with Crippen LogP contribution in [-0.4, -0.2) is 82.1 Å². The number of nitrogens with one attached hydrogen (secondary N) is 2. The Balaban J connectivity index is 2.16. The molecule has 10 heteroatoms. The van der Waals surface area contributed by atoms with Gasteiger partial charge in [-0.3, -0.25) is 14.4 Å². The van der Waals surface area contributed by atoms with Gasteiger partial charge in [-0.25, -0.2) is 0 Å². The summed E-state index contributed by atoms with van der Waals surface area (Å²) in [6, 6.07) is 5.37. The zero-order valence-electron chi connectivity index (χ0n) is 27.6. The molecule has 3 N–H and O–H groups in total. The zero-order chi connectivity index (χ0) is 32.8. The van der Waals surface area contributed by atoms with Gasteiger partial charge < -0.3 is 34.7 Å². The maximum absolute atomic E-state index is 12.4. The van der Waals surface area contributed by atoms with E-state index in [2.05, 4.69) is 57.1 Å². The highest BCUT2D eigenvalue weighted by Crippen LogP contribution is 2.32. The van der Waals surface area contributed by atoms with E-state index in [1.54, 1.807) is 6.07 Å². The molecule has 0 aliphatic heterocycles. The number of carbonyl (C=O) groups is 3. The van der Waals surface area contributed by atoms with Gasteiger partial charge in [0.15, 0.2) is 0 Å². The number of aromatic hydroxyl groups is 1. The molecule has 0 fully saturated rings. The van der Waals surface area contributed by atoms with Crippen molar-refractivity contribution in [2.75, 3.05) is 64.7 Å². The summed E-state index contributed by atoms with van der Waals surface area (Å²) in [4.78, 5) is 35.9. The minimum atomic E-state index is -0.523. The van der Waals surface area contributed by atoms with E-state index in [1.807, 2.05) is 19.1 Å². The van der Waals surface area contributed by atoms with Crippen molar-refractivity contribution in [3.05, 3.63) is 23.8 Å². The molecule has 2 amide bonds. The predicted molar refractivity (Wildman–Crippen MR) is 171 cm³/mol. The molecule has 0 heterocycles. The molecule has 10 nitrogen and oxygen atoms in total. The van der Waals surface area contributed by atoms with Crippen molar-refractivity contribution < 1.29 is 38.4 Å². The van der Waals surface area contributed by atoms with E-state index in [-0.39, 0.29) is 42.3 Å². The van der Waals surface area contributed by atoms with Crippen LogP contribution < -0.4 is 10.6 Å². The van der Waals surface area contributed by atoms with E-state index in [9.17, 15) is 19.5 Å². The minimum absolute atomic E-state index is 0.0368. The van der Waals surface area contributed by atoms with Gasteiger partial charge in [0.2, 0.25) is 11.7 Å². The van der Waals surface area contributed by atoms with Crippen LogP contribution in [0.3, 0.4) is 0 Å². The highest BCUT2D eigenvalue weighted by atomic mass is 16.5. The van der Waals surface area contributed by atoms with E-state index >= 15 is 0 Å². The number of ether oxygens (including phenoxy) is 4. The number of Topliss-reactive ketones (excluding diaryl/α,β-unsaturated/α-hetero) is 1. The second-order valence-corrected chi connectivity index (χ2v) is 12.0. The van der Waals surface area contributed by atoms with Crippen molar-refractivity contribution in [1.82, 2.24) is 5.32 Å². The lowest BCUT2D eigenvalue weighted by Crippen LogP contribution is -2.26. The molecule has 1 aromatic rings. The van der Waals surface area contributed by atoms with Crippen LogP contribution in [0.2, 0.25) is 0 Å². The Bertz CT molecular complexity index is 1060. The maximum atomic E-state index is 12.4. The first-order valence-electron chi connectivity index (χ1n) is 15.7. The molecule has 1 unspecified atom stereocenters. The number of benzene rings is 1. The lowest BCUT2D eigenvalue weighted by atomic mass is 9.76. The lowest BCUT2D eigenvalue weighted by molar-refractivity contribution is -0.117. The summed E-state index contributed by atoms with van der Waals surface area (Å²) in [5, 5.41) is 15.6. The smallest absolute Gasteiger partial charge is 0.296 e. The average Bonchev–Trinajstić information content (AvgIpc) is 2.95. The number of hydrogen-bond acceptors (Lipinski definition) is 8. The van der Waals surface area contributed by atoms with Crippen molar-refractivity contribution >= 4 is 23.3 Å². The van der Waals surface area contributed by atoms with E-state index in [1.165, 1.54) is 0 Å². The van der Waals surface area contributed by atoms with Crippen molar-refractivity contribution in [2.24, 2.45) is 17.3 Å². The summed E-state index contributed by atoms with van der Waals surface area (Å²) < 4.78 is 21.3. The molecule has 0 saturated heterocycles. The Labute approximate surface area is 263 Å². The van der Waals surface area contributed by atoms with Gasteiger partial charge in [0.05, 0.1) is 51.7 Å². The van der Waals surface area contributed by atoms with E-state index in [0.29, 0.717) is 76.7 Å². The third-order valence-electron chi connectivity index (χ3n) is 7.12. The number of carbonyl (C=O) groups excluding carboxylic acids is 3. The SMILES string of the molecule is CCOCCOCCNC(=O)C#CC(=O)CCCOCCOCCC(=O)Nc1cc(C[C@H](C)CC(C)C(C)(C)C)ccc1O. The van der Waals surface area contributed by atoms with Crippen molar-refractivity contribution in [2.45, 2.75) is 73.6 Å². The molecule has 0 spiro atoms. The van der Waals surface area contributed by atoms with Gasteiger partial charge in [0.1, 0.15) is 5.75 Å². The van der Waals surface area contributed by atoms with Gasteiger partial charge in [-0.05, 0) is 67.1 Å². The van der Waals surface area contributed by atoms with Crippen LogP contribution in [-0.2, 0) is 39.8 Å². The Morgan fingerprint density at radius 2 is 1.55 bits per heavy atom. The second kappa shape index (κ2) is 22.5. The van der Waals surface area contributed by atoms with Crippen molar-refractivity contribution in [3.63, 3.8) is 0 Å². The van der Waals surface area contributed by atoms with Gasteiger partial charge in [-0.1, -0.05) is 40.7 Å². The largest absolute Gasteiger partial charge is 0.506 e. The molecule has 2 atom stereocenters. The monoisotopic (exact) mass is 618 g/mol. The van der Waals surface area contributed by atoms with E-state index in [4.69, 9.17) is 18.9 Å². The number of ketones is 1. The minimum Gasteiger partial charge on any atom is -0.506 e. The number of anilines is 1. The standard InChI is InChI=1S/C34H54N2O8/c1-7-41-19-20-44-18-15-35-32(39)13-11-29(37)9-8-16-42-21-22-43-17-14-33(40)36-30-25-28(10-12-31(30)38)24-26(2)23-27(3)34(4,5)6/h10,12,25-27,38H,7-9,14-24H2,1-6H3,(H,35,39)(H,36,40)/t26-,27?/m1/s1. The van der Waals surface area contributed by atoms with Crippen molar-refractivity contribution in [3.8, 4) is 17.6 Å². The van der Waals surface area contributed by atoms with Gasteiger partial charge in [0.25, 0.3) is 5.91 Å². The Morgan fingerprint density at radius 3 is 2.23 bits per heavy atom. The summed E-state index contributed by atoms with van der Waals surface area (Å²) >= 11 is 0. The normalized spacial score (nSPS) is 12.6. The summed E-state index contributed by atoms with van der Waals surface area (Å²) in [5.74, 6) is 4.61. The number of rotatable bonds is 22. The molecular formula is C34H54N2O8. The predicted octanol–water partition coefficient (Wildman–Crippen LogP) is 4.53. The number of phenolic OH excluding ortho intramolecular Hbond substituents is 1. The first-order chi connectivity index (χ1) is 20.9. The molecule has 1 aromatic carbocycles. The number of amides is 2. The van der Waals surface area contributed by atoms with E-state index < -0.39 is 5.91 Å². The molecule has 248 valence electrons. The van der Waals surface area contributed by atoms with Gasteiger partial charge in [-0.2, -0.15) is 0 Å². The van der Waals surface area contributed by atoms with Crippen LogP contribution in [0.25, 0.3) is 0 Å². The Hall–Kier alpha value is -2.97. The molecule has 0 aliphatic carbocycles. The second-order valence-electron chi connectivity index (χ2n) is 12.0. The highest BCUT2D eigenvalue weighted by Gasteiger charge is 2.22. The molecule has 0 radical (unpaired) electrons. The van der Waals surface area contributed by atoms with Crippen LogP contribution >= 0.6 is 0 Å². The van der Waals surface area contributed by atoms with Crippen LogP contribution in [0, 0.1) is 29.1 Å². The first kappa shape index (κ1) is 39.1. The van der Waals surface area contributed by atoms with Crippen molar-refractivity contribution in [1.29, 1.82) is 0 Å². The van der Waals surface area contributed by atoms with Crippen LogP contribution in [0.5, 0.6) is 5.75 Å². The quantitative estimate of drug-likeness (QED) is 0.0748. The average molecular weight is 619 g/mol. The molecule has 0 aliphatic rings. The molecule has 44 heavy (non-hydrogen) atoms. The summed E-state index contributed by atoms with van der Waals surface area (Å²) in [5.41, 5.74) is 1.74. The fourth-order valence-corrected chi connectivity index (χ4v) is 4.12. The van der Waals surface area contributed by atoms with Gasteiger partial charge >= 0.3 is 0 Å². The van der Waals surface area contributed by atoms with Crippen LogP contribution in [0.1, 0.15) is 72.8 Å². The summed E-state index contributed by atoms with van der Waals surface area (Å²) in [6.07, 6.45) is 2.78. The molecule has 1 rings (SSSR count). The zero-order valence-corrected chi connectivity index (χ0v) is 27.6. The summed E-state index contributed by atoms with van der Waals surface area (Å²) in [7, 11) is 0. The Morgan fingerprint density at radius 1 is 0.886 bits per heavy atom. The first-order valence-corrected chi connectivity index (χ1v) is 15.7. The maximum Gasteiger partial charge on any atom is 0.296 e. The number of phenols is 1. The van der Waals surface area contributed by atoms with Crippen LogP contribution in [0.15, 0.2) is 18.2 Å². The highest BCUT2D eigenvalue weighted by molar-refractivity contribution is 6.03. The third-order valence-corrected chi connectivity index (χ3v) is 7.12. The number of hydrogen-bond donors (Lipinski definition) is 3. The molecular weight excluding hydrogens is 564 g/mol. The molecule has 0 aromatic heterocycles. The van der Waals surface area contributed by atoms with Gasteiger partial charge in [0, 0.05) is 32.1 Å². The lowest BCUT2D eigenvalue weighted by Gasteiger charge is -2.29. The third kappa shape index (κ3) is 19.3. The molecule has 0 bridgehead atoms. The topological polar surface area (TPSA) is 132 Å². The molecule has 0 saturated carbocycles. The van der Waals surface area contributed by atoms with Crippen LogP contribution in [0.4, 0.5) is 5.69 Å². The Kier molecular flexibility index (Phi) is 20.0.